The number of nitrogen functional groups attached to an aromatic ring is 1. The van der Waals surface area contributed by atoms with Gasteiger partial charge in [0, 0.05) is 23.6 Å². The summed E-state index contributed by atoms with van der Waals surface area (Å²) < 4.78 is 0. The van der Waals surface area contributed by atoms with Crippen LogP contribution in [0.25, 0.3) is 22.8 Å². The molecule has 1 aliphatic heterocycles. The van der Waals surface area contributed by atoms with Gasteiger partial charge in [-0.25, -0.2) is 15.0 Å². The smallest absolute Gasteiger partial charge is 0.251 e. The maximum Gasteiger partial charge on any atom is 0.251 e. The quantitative estimate of drug-likeness (QED) is 0.344. The van der Waals surface area contributed by atoms with E-state index in [1.165, 1.54) is 11.1 Å². The first-order chi connectivity index (χ1) is 17.7. The molecule has 2 aromatic carbocycles. The number of fused-ring (bicyclic) bond motifs is 1. The van der Waals surface area contributed by atoms with Crippen molar-refractivity contribution >= 4 is 11.7 Å². The highest BCUT2D eigenvalue weighted by Gasteiger charge is 2.24. The predicted octanol–water partition coefficient (Wildman–Crippen LogP) is 3.40. The van der Waals surface area contributed by atoms with Crippen molar-refractivity contribution in [3.8, 4) is 22.8 Å². The van der Waals surface area contributed by atoms with Gasteiger partial charge in [0.05, 0.1) is 17.9 Å². The largest absolute Gasteiger partial charge is 0.382 e. The van der Waals surface area contributed by atoms with E-state index < -0.39 is 0 Å². The fourth-order valence-corrected chi connectivity index (χ4v) is 5.12. The summed E-state index contributed by atoms with van der Waals surface area (Å²) in [6.07, 6.45) is 5.67. The van der Waals surface area contributed by atoms with Crippen LogP contribution in [-0.2, 0) is 6.42 Å². The predicted molar refractivity (Wildman–Crippen MR) is 137 cm³/mol. The molecular weight excluding hydrogens is 452 g/mol. The number of nitrogens with zero attached hydrogens (tertiary/aromatic N) is 4. The van der Waals surface area contributed by atoms with Gasteiger partial charge < -0.3 is 16.4 Å². The van der Waals surface area contributed by atoms with Crippen LogP contribution in [0.5, 0.6) is 0 Å². The van der Waals surface area contributed by atoms with Crippen molar-refractivity contribution in [2.24, 2.45) is 0 Å². The van der Waals surface area contributed by atoms with Gasteiger partial charge >= 0.3 is 0 Å². The molecule has 2 atom stereocenters. The van der Waals surface area contributed by atoms with Crippen LogP contribution in [0.1, 0.15) is 58.5 Å². The van der Waals surface area contributed by atoms with Gasteiger partial charge in [0.15, 0.2) is 11.5 Å². The maximum atomic E-state index is 13.1. The van der Waals surface area contributed by atoms with Crippen LogP contribution >= 0.6 is 0 Å². The Balaban J connectivity index is 1.24. The molecule has 4 aromatic rings. The number of nitrogens with two attached hydrogens (primary N) is 1. The third-order valence-corrected chi connectivity index (χ3v) is 7.06. The summed E-state index contributed by atoms with van der Waals surface area (Å²) in [5.74, 6) is 1.70. The first-order valence-corrected chi connectivity index (χ1v) is 12.4. The second-order valence-corrected chi connectivity index (χ2v) is 9.42. The normalized spacial score (nSPS) is 19.1. The molecule has 0 unspecified atom stereocenters. The van der Waals surface area contributed by atoms with E-state index in [4.69, 9.17) is 10.7 Å². The number of aromatic nitrogens is 5. The molecule has 1 saturated heterocycles. The van der Waals surface area contributed by atoms with Gasteiger partial charge in [0.25, 0.3) is 5.91 Å². The summed E-state index contributed by atoms with van der Waals surface area (Å²) in [6.45, 7) is 1.90. The van der Waals surface area contributed by atoms with Crippen LogP contribution in [0.4, 0.5) is 5.82 Å². The van der Waals surface area contributed by atoms with Crippen molar-refractivity contribution in [3.63, 3.8) is 0 Å². The molecule has 0 spiro atoms. The molecule has 1 amide bonds. The monoisotopic (exact) mass is 480 g/mol. The first kappa shape index (κ1) is 22.4. The molecule has 1 fully saturated rings. The van der Waals surface area contributed by atoms with Gasteiger partial charge in [-0.3, -0.25) is 9.89 Å². The molecule has 9 nitrogen and oxygen atoms in total. The number of hydrogen-bond acceptors (Lipinski definition) is 7. The van der Waals surface area contributed by atoms with E-state index in [0.717, 1.165) is 50.2 Å². The molecule has 5 N–H and O–H groups in total. The van der Waals surface area contributed by atoms with E-state index in [9.17, 15) is 4.79 Å². The van der Waals surface area contributed by atoms with Crippen molar-refractivity contribution in [2.75, 3.05) is 18.8 Å². The van der Waals surface area contributed by atoms with Crippen LogP contribution in [0.2, 0.25) is 0 Å². The molecule has 0 saturated carbocycles. The number of carbonyl (C=O) groups excluding carboxylic acids is 1. The Morgan fingerprint density at radius 3 is 2.89 bits per heavy atom. The number of aromatic amines is 1. The summed E-state index contributed by atoms with van der Waals surface area (Å²) >= 11 is 0. The standard InChI is InChI=1S/C27H28N8O/c28-24-23(26-33-25(34-35-26)19-8-4-12-29-14-19)31-22(15-30-24)17-6-3-7-18(13-17)27(36)32-21-11-10-16-5-1-2-9-20(16)21/h1-3,5-7,9,13,15,19,21,29H,4,8,10-12,14H2,(H2,28,30)(H,32,36)(H,33,34,35)/t19-,21-/m0/s1. The number of rotatable bonds is 5. The topological polar surface area (TPSA) is 134 Å². The summed E-state index contributed by atoms with van der Waals surface area (Å²) in [7, 11) is 0. The van der Waals surface area contributed by atoms with Crippen LogP contribution in [0.3, 0.4) is 0 Å². The Morgan fingerprint density at radius 1 is 1.08 bits per heavy atom. The number of H-pyrrole nitrogens is 1. The number of hydrogen-bond donors (Lipinski definition) is 4. The van der Waals surface area contributed by atoms with Crippen molar-refractivity contribution < 1.29 is 4.79 Å². The second kappa shape index (κ2) is 9.50. The summed E-state index contributed by atoms with van der Waals surface area (Å²) in [4.78, 5) is 26.8. The number of aryl methyl sites for hydroxylation is 1. The molecule has 2 aromatic heterocycles. The van der Waals surface area contributed by atoms with Crippen LogP contribution in [-0.4, -0.2) is 44.1 Å². The molecule has 182 valence electrons. The number of amides is 1. The van der Waals surface area contributed by atoms with Gasteiger partial charge in [-0.05, 0) is 55.5 Å². The molecular formula is C27H28N8O. The average molecular weight is 481 g/mol. The minimum atomic E-state index is -0.109. The highest BCUT2D eigenvalue weighted by Crippen LogP contribution is 2.31. The van der Waals surface area contributed by atoms with E-state index in [0.29, 0.717) is 28.7 Å². The van der Waals surface area contributed by atoms with Gasteiger partial charge in [-0.2, -0.15) is 5.10 Å². The van der Waals surface area contributed by atoms with Gasteiger partial charge in [-0.1, -0.05) is 36.4 Å². The Kier molecular flexibility index (Phi) is 5.90. The molecule has 0 bridgehead atoms. The van der Waals surface area contributed by atoms with Crippen molar-refractivity contribution in [1.29, 1.82) is 0 Å². The average Bonchev–Trinajstić information content (AvgIpc) is 3.58. The number of anilines is 1. The number of benzene rings is 2. The molecule has 0 radical (unpaired) electrons. The van der Waals surface area contributed by atoms with E-state index in [-0.39, 0.29) is 17.8 Å². The Bertz CT molecular complexity index is 1410. The lowest BCUT2D eigenvalue weighted by atomic mass is 9.99. The molecule has 36 heavy (non-hydrogen) atoms. The lowest BCUT2D eigenvalue weighted by Crippen LogP contribution is -2.28. The van der Waals surface area contributed by atoms with Crippen LogP contribution in [0.15, 0.2) is 54.7 Å². The third kappa shape index (κ3) is 4.33. The molecule has 1 aliphatic carbocycles. The maximum absolute atomic E-state index is 13.1. The van der Waals surface area contributed by atoms with Gasteiger partial charge in [0.2, 0.25) is 5.82 Å². The molecule has 6 rings (SSSR count). The fraction of sp³-hybridized carbons (Fsp3) is 0.296. The van der Waals surface area contributed by atoms with E-state index in [1.807, 2.05) is 36.4 Å². The van der Waals surface area contributed by atoms with Crippen LogP contribution < -0.4 is 16.4 Å². The second-order valence-electron chi connectivity index (χ2n) is 9.42. The van der Waals surface area contributed by atoms with Gasteiger partial charge in [0.1, 0.15) is 5.82 Å². The fourth-order valence-electron chi connectivity index (χ4n) is 5.12. The zero-order valence-electron chi connectivity index (χ0n) is 19.9. The minimum absolute atomic E-state index is 0.0274. The minimum Gasteiger partial charge on any atom is -0.382 e. The first-order valence-electron chi connectivity index (χ1n) is 12.4. The van der Waals surface area contributed by atoms with Crippen molar-refractivity contribution in [1.82, 2.24) is 35.8 Å². The Labute approximate surface area is 209 Å². The number of piperidine rings is 1. The van der Waals surface area contributed by atoms with Crippen molar-refractivity contribution in [3.05, 3.63) is 77.2 Å². The van der Waals surface area contributed by atoms with Crippen LogP contribution in [0, 0.1) is 0 Å². The lowest BCUT2D eigenvalue weighted by molar-refractivity contribution is 0.0936. The molecule has 9 heteroatoms. The lowest BCUT2D eigenvalue weighted by Gasteiger charge is -2.20. The Hall–Kier alpha value is -4.11. The van der Waals surface area contributed by atoms with Gasteiger partial charge in [-0.15, -0.1) is 0 Å². The number of nitrogens with one attached hydrogen (secondary N) is 3. The summed E-state index contributed by atoms with van der Waals surface area (Å²) in [6, 6.07) is 15.7. The SMILES string of the molecule is Nc1ncc(-c2cccc(C(=O)N[C@H]3CCc4ccccc43)c2)nc1-c1n[nH]c([C@H]2CCCNC2)n1. The van der Waals surface area contributed by atoms with E-state index in [2.05, 4.69) is 42.9 Å². The Morgan fingerprint density at radius 2 is 2.00 bits per heavy atom. The third-order valence-electron chi connectivity index (χ3n) is 7.06. The summed E-state index contributed by atoms with van der Waals surface area (Å²) in [5, 5.41) is 14.0. The summed E-state index contributed by atoms with van der Waals surface area (Å²) in [5.41, 5.74) is 11.0. The highest BCUT2D eigenvalue weighted by atomic mass is 16.1. The van der Waals surface area contributed by atoms with E-state index in [1.54, 1.807) is 6.20 Å². The zero-order valence-corrected chi connectivity index (χ0v) is 19.9. The van der Waals surface area contributed by atoms with E-state index >= 15 is 0 Å². The van der Waals surface area contributed by atoms with Crippen molar-refractivity contribution in [2.45, 2.75) is 37.6 Å². The molecule has 2 aliphatic rings. The zero-order chi connectivity index (χ0) is 24.5. The number of carbonyl (C=O) groups is 1. The highest BCUT2D eigenvalue weighted by molar-refractivity contribution is 5.95. The molecule has 3 heterocycles.